The van der Waals surface area contributed by atoms with Gasteiger partial charge >= 0.3 is 12.3 Å². The number of ketones is 1. The molecule has 1 aromatic carbocycles. The number of rotatable bonds is 6. The summed E-state index contributed by atoms with van der Waals surface area (Å²) in [6.45, 7) is 0. The third-order valence-electron chi connectivity index (χ3n) is 2.41. The van der Waals surface area contributed by atoms with Crippen LogP contribution in [0.2, 0.25) is 0 Å². The van der Waals surface area contributed by atoms with Crippen LogP contribution < -0.4 is 5.32 Å². The minimum atomic E-state index is -1.41. The minimum absolute atomic E-state index is 0.0187. The summed E-state index contributed by atoms with van der Waals surface area (Å²) in [5.41, 5.74) is 8.69. The van der Waals surface area contributed by atoms with E-state index in [9.17, 15) is 19.7 Å². The molecule has 9 nitrogen and oxygen atoms in total. The van der Waals surface area contributed by atoms with Gasteiger partial charge in [0.05, 0.1) is 4.92 Å². The largest absolute Gasteiger partial charge is 0.465 e. The van der Waals surface area contributed by atoms with E-state index in [1.807, 2.05) is 5.32 Å². The summed E-state index contributed by atoms with van der Waals surface area (Å²) in [4.78, 5) is 34.6. The first-order chi connectivity index (χ1) is 9.43. The Labute approximate surface area is 112 Å². The fourth-order valence-electron chi connectivity index (χ4n) is 1.51. The average Bonchev–Trinajstić information content (AvgIpc) is 2.38. The molecule has 0 aliphatic rings. The molecule has 9 heteroatoms. The van der Waals surface area contributed by atoms with Crippen LogP contribution in [-0.2, 0) is 11.2 Å². The van der Waals surface area contributed by atoms with Crippen molar-refractivity contribution in [3.8, 4) is 0 Å². The summed E-state index contributed by atoms with van der Waals surface area (Å²) in [5, 5.41) is 21.1. The van der Waals surface area contributed by atoms with E-state index in [0.29, 0.717) is 11.8 Å². The second-order valence-corrected chi connectivity index (χ2v) is 3.78. The fraction of sp³-hybridized carbons (Fsp3) is 0.182. The zero-order valence-corrected chi connectivity index (χ0v) is 10.1. The highest BCUT2D eigenvalue weighted by Gasteiger charge is 2.22. The van der Waals surface area contributed by atoms with Crippen LogP contribution in [0.25, 0.3) is 5.53 Å². The topological polar surface area (TPSA) is 146 Å². The number of carbonyl (C=O) groups is 2. The van der Waals surface area contributed by atoms with E-state index >= 15 is 0 Å². The summed E-state index contributed by atoms with van der Waals surface area (Å²) in [6.07, 6.45) is -0.835. The summed E-state index contributed by atoms with van der Waals surface area (Å²) < 4.78 is 0. The lowest BCUT2D eigenvalue weighted by atomic mass is 10.0. The van der Waals surface area contributed by atoms with Crippen LogP contribution in [0.4, 0.5) is 10.5 Å². The number of amides is 1. The molecule has 0 aliphatic carbocycles. The van der Waals surface area contributed by atoms with Gasteiger partial charge in [-0.1, -0.05) is 12.1 Å². The van der Waals surface area contributed by atoms with Gasteiger partial charge in [0.25, 0.3) is 11.5 Å². The zero-order valence-electron chi connectivity index (χ0n) is 10.1. The maximum atomic E-state index is 11.5. The lowest BCUT2D eigenvalue weighted by Gasteiger charge is -2.11. The molecule has 104 valence electrons. The maximum Gasteiger partial charge on any atom is 0.405 e. The number of nitrogens with zero attached hydrogens (tertiary/aromatic N) is 3. The predicted molar refractivity (Wildman–Crippen MR) is 66.4 cm³/mol. The molecule has 1 amide bonds. The SMILES string of the molecule is [N-]=[N+]=CC(=O)C(Cc1ccc([N+](=O)[O-])cc1)NC(=O)O. The van der Waals surface area contributed by atoms with Crippen molar-refractivity contribution in [2.45, 2.75) is 12.5 Å². The highest BCUT2D eigenvalue weighted by molar-refractivity contribution is 6.28. The maximum absolute atomic E-state index is 11.5. The number of hydrogen-bond acceptors (Lipinski definition) is 4. The summed E-state index contributed by atoms with van der Waals surface area (Å²) in [6, 6.07) is 4.19. The standard InChI is InChI=1S/C11H10N4O5/c12-13-6-10(16)9(14-11(17)18)5-7-1-3-8(4-2-7)15(19)20/h1-4,6,9,14H,5H2,(H,17,18). The fourth-order valence-corrected chi connectivity index (χ4v) is 1.51. The van der Waals surface area contributed by atoms with Crippen LogP contribution in [0, 0.1) is 10.1 Å². The molecule has 0 radical (unpaired) electrons. The Hall–Kier alpha value is -3.06. The van der Waals surface area contributed by atoms with Crippen molar-refractivity contribution in [2.75, 3.05) is 0 Å². The molecular formula is C11H10N4O5. The third kappa shape index (κ3) is 4.31. The summed E-state index contributed by atoms with van der Waals surface area (Å²) in [7, 11) is 0. The van der Waals surface area contributed by atoms with Gasteiger partial charge in [-0.2, -0.15) is 4.79 Å². The Morgan fingerprint density at radius 3 is 2.50 bits per heavy atom. The summed E-state index contributed by atoms with van der Waals surface area (Å²) >= 11 is 0. The first-order valence-corrected chi connectivity index (χ1v) is 5.38. The van der Waals surface area contributed by atoms with Crippen molar-refractivity contribution < 1.29 is 24.4 Å². The van der Waals surface area contributed by atoms with Crippen LogP contribution >= 0.6 is 0 Å². The molecule has 0 aromatic heterocycles. The Bertz CT molecular complexity index is 577. The Balaban J connectivity index is 2.88. The Morgan fingerprint density at radius 2 is 2.05 bits per heavy atom. The minimum Gasteiger partial charge on any atom is -0.465 e. The number of carbonyl (C=O) groups excluding carboxylic acids is 1. The van der Waals surface area contributed by atoms with Crippen molar-refractivity contribution >= 4 is 23.8 Å². The van der Waals surface area contributed by atoms with Crippen molar-refractivity contribution in [2.24, 2.45) is 0 Å². The van der Waals surface area contributed by atoms with Crippen molar-refractivity contribution in [1.29, 1.82) is 0 Å². The zero-order chi connectivity index (χ0) is 15.1. The molecule has 1 unspecified atom stereocenters. The van der Waals surface area contributed by atoms with Gasteiger partial charge < -0.3 is 16.0 Å². The quantitative estimate of drug-likeness (QED) is 0.258. The highest BCUT2D eigenvalue weighted by atomic mass is 16.6. The Kier molecular flexibility index (Phi) is 5.07. The third-order valence-corrected chi connectivity index (χ3v) is 2.41. The van der Waals surface area contributed by atoms with Gasteiger partial charge in [-0.25, -0.2) is 4.79 Å². The number of benzene rings is 1. The van der Waals surface area contributed by atoms with E-state index < -0.39 is 22.8 Å². The van der Waals surface area contributed by atoms with Gasteiger partial charge in [-0.05, 0) is 5.56 Å². The van der Waals surface area contributed by atoms with Crippen LogP contribution in [0.3, 0.4) is 0 Å². The van der Waals surface area contributed by atoms with Gasteiger partial charge in [0, 0.05) is 18.6 Å². The second-order valence-electron chi connectivity index (χ2n) is 3.78. The predicted octanol–water partition coefficient (Wildman–Crippen LogP) is 0.643. The van der Waals surface area contributed by atoms with Crippen LogP contribution in [-0.4, -0.2) is 39.0 Å². The molecule has 0 heterocycles. The number of non-ortho nitro benzene ring substituents is 1. The molecule has 0 fully saturated rings. The Morgan fingerprint density at radius 1 is 1.45 bits per heavy atom. The van der Waals surface area contributed by atoms with Crippen molar-refractivity contribution in [3.05, 3.63) is 45.5 Å². The monoisotopic (exact) mass is 278 g/mol. The number of nitro groups is 1. The number of Topliss-reactive ketones (excluding diaryl/α,β-unsaturated/α-hetero) is 1. The first kappa shape index (κ1) is 15.0. The van der Waals surface area contributed by atoms with Crippen LogP contribution in [0.1, 0.15) is 5.56 Å². The molecule has 0 aliphatic heterocycles. The molecule has 2 N–H and O–H groups in total. The molecule has 0 bridgehead atoms. The van der Waals surface area contributed by atoms with Crippen molar-refractivity contribution in [3.63, 3.8) is 0 Å². The number of nitrogens with one attached hydrogen (secondary N) is 1. The van der Waals surface area contributed by atoms with E-state index in [-0.39, 0.29) is 12.1 Å². The molecule has 0 spiro atoms. The van der Waals surface area contributed by atoms with Crippen LogP contribution in [0.5, 0.6) is 0 Å². The van der Waals surface area contributed by atoms with E-state index in [1.165, 1.54) is 24.3 Å². The van der Waals surface area contributed by atoms with E-state index in [0.717, 1.165) is 0 Å². The number of nitro benzene ring substituents is 1. The molecule has 1 aromatic rings. The van der Waals surface area contributed by atoms with E-state index in [1.54, 1.807) is 0 Å². The molecule has 20 heavy (non-hydrogen) atoms. The smallest absolute Gasteiger partial charge is 0.405 e. The van der Waals surface area contributed by atoms with Gasteiger partial charge in [0.1, 0.15) is 6.04 Å². The number of carboxylic acid groups (broad SMARTS) is 1. The van der Waals surface area contributed by atoms with Crippen LogP contribution in [0.15, 0.2) is 24.3 Å². The first-order valence-electron chi connectivity index (χ1n) is 5.38. The average molecular weight is 278 g/mol. The molecule has 0 saturated carbocycles. The summed E-state index contributed by atoms with van der Waals surface area (Å²) in [5.74, 6) is -0.728. The van der Waals surface area contributed by atoms with Gasteiger partial charge in [0.15, 0.2) is 0 Å². The molecule has 1 rings (SSSR count). The molecule has 1 atom stereocenters. The molecular weight excluding hydrogens is 268 g/mol. The van der Waals surface area contributed by atoms with E-state index in [2.05, 4.69) is 4.79 Å². The second kappa shape index (κ2) is 6.76. The number of hydrogen-bond donors (Lipinski definition) is 2. The molecule has 0 saturated heterocycles. The van der Waals surface area contributed by atoms with Gasteiger partial charge in [0.2, 0.25) is 0 Å². The highest BCUT2D eigenvalue weighted by Crippen LogP contribution is 2.13. The van der Waals surface area contributed by atoms with Crippen molar-refractivity contribution in [1.82, 2.24) is 5.32 Å². The van der Waals surface area contributed by atoms with Gasteiger partial charge in [-0.3, -0.25) is 14.9 Å². The lowest BCUT2D eigenvalue weighted by molar-refractivity contribution is -0.384. The lowest BCUT2D eigenvalue weighted by Crippen LogP contribution is -2.42. The van der Waals surface area contributed by atoms with Gasteiger partial charge in [-0.15, -0.1) is 0 Å². The van der Waals surface area contributed by atoms with E-state index in [4.69, 9.17) is 10.6 Å². The normalized spacial score (nSPS) is 11.0.